The molecule has 2 rings (SSSR count). The summed E-state index contributed by atoms with van der Waals surface area (Å²) in [6.07, 6.45) is 14.8. The topological polar surface area (TPSA) is 0 Å². The zero-order valence-electron chi connectivity index (χ0n) is 11.0. The van der Waals surface area contributed by atoms with Gasteiger partial charge in [-0.1, -0.05) is 44.2 Å². The van der Waals surface area contributed by atoms with Crippen molar-refractivity contribution in [3.8, 4) is 24.7 Å². The van der Waals surface area contributed by atoms with Crippen LogP contribution in [-0.2, 0) is 5.41 Å². The molecule has 0 N–H and O–H groups in total. The quantitative estimate of drug-likeness (QED) is 0.693. The molecule has 90 valence electrons. The summed E-state index contributed by atoms with van der Waals surface area (Å²) >= 11 is 0. The number of hydrogen-bond acceptors (Lipinski definition) is 0. The summed E-state index contributed by atoms with van der Waals surface area (Å²) in [6.45, 7) is 4.43. The molecule has 0 amide bonds. The van der Waals surface area contributed by atoms with E-state index in [-0.39, 0.29) is 5.41 Å². The Labute approximate surface area is 110 Å². The number of allylic oxidation sites excluding steroid dienone is 2. The molecule has 0 unspecified atom stereocenters. The summed E-state index contributed by atoms with van der Waals surface area (Å²) < 4.78 is 0. The maximum atomic E-state index is 5.55. The van der Waals surface area contributed by atoms with Crippen molar-refractivity contribution in [3.63, 3.8) is 0 Å². The standard InChI is InChI=1S/C18H18/c1-5-11-18(12-6-2)13-16(14(3)4)15-9-7-8-10-17(15)18/h1-2,7-10,13-14H,11-12H2,3-4H3. The van der Waals surface area contributed by atoms with E-state index in [1.165, 1.54) is 16.7 Å². The van der Waals surface area contributed by atoms with E-state index in [1.54, 1.807) is 0 Å². The first-order valence-corrected chi connectivity index (χ1v) is 6.34. The van der Waals surface area contributed by atoms with Crippen molar-refractivity contribution in [2.45, 2.75) is 32.1 Å². The van der Waals surface area contributed by atoms with Crippen molar-refractivity contribution in [2.24, 2.45) is 5.92 Å². The molecule has 0 saturated heterocycles. The second-order valence-corrected chi connectivity index (χ2v) is 5.22. The van der Waals surface area contributed by atoms with E-state index in [4.69, 9.17) is 12.8 Å². The summed E-state index contributed by atoms with van der Waals surface area (Å²) in [4.78, 5) is 0. The third kappa shape index (κ3) is 1.85. The Balaban J connectivity index is 2.63. The third-order valence-electron chi connectivity index (χ3n) is 3.66. The van der Waals surface area contributed by atoms with Crippen molar-refractivity contribution in [3.05, 3.63) is 41.5 Å². The van der Waals surface area contributed by atoms with Gasteiger partial charge in [0.25, 0.3) is 0 Å². The summed E-state index contributed by atoms with van der Waals surface area (Å²) in [5.41, 5.74) is 3.83. The van der Waals surface area contributed by atoms with Gasteiger partial charge in [0.2, 0.25) is 0 Å². The molecular weight excluding hydrogens is 216 g/mol. The van der Waals surface area contributed by atoms with Crippen LogP contribution in [0.5, 0.6) is 0 Å². The first-order valence-electron chi connectivity index (χ1n) is 6.34. The number of rotatable bonds is 3. The highest BCUT2D eigenvalue weighted by Crippen LogP contribution is 2.47. The van der Waals surface area contributed by atoms with E-state index in [1.807, 2.05) is 0 Å². The molecule has 0 heterocycles. The fourth-order valence-electron chi connectivity index (χ4n) is 2.82. The van der Waals surface area contributed by atoms with Crippen molar-refractivity contribution < 1.29 is 0 Å². The Bertz CT molecular complexity index is 542. The van der Waals surface area contributed by atoms with Gasteiger partial charge in [0.15, 0.2) is 0 Å². The average molecular weight is 234 g/mol. The minimum atomic E-state index is -0.153. The molecule has 0 atom stereocenters. The molecule has 0 bridgehead atoms. The molecule has 1 aliphatic carbocycles. The van der Waals surface area contributed by atoms with Crippen molar-refractivity contribution in [1.82, 2.24) is 0 Å². The Morgan fingerprint density at radius 2 is 1.72 bits per heavy atom. The zero-order valence-corrected chi connectivity index (χ0v) is 11.0. The maximum Gasteiger partial charge on any atom is 0.0362 e. The largest absolute Gasteiger partial charge is 0.120 e. The normalized spacial score (nSPS) is 15.7. The second kappa shape index (κ2) is 4.75. The first kappa shape index (κ1) is 12.5. The van der Waals surface area contributed by atoms with Gasteiger partial charge in [-0.3, -0.25) is 0 Å². The smallest absolute Gasteiger partial charge is 0.0362 e. The molecule has 0 aliphatic heterocycles. The van der Waals surface area contributed by atoms with Gasteiger partial charge in [0.05, 0.1) is 0 Å². The molecule has 0 radical (unpaired) electrons. The highest BCUT2D eigenvalue weighted by Gasteiger charge is 2.37. The van der Waals surface area contributed by atoms with E-state index in [0.29, 0.717) is 18.8 Å². The molecule has 18 heavy (non-hydrogen) atoms. The Morgan fingerprint density at radius 3 is 2.28 bits per heavy atom. The number of terminal acetylenes is 2. The van der Waals surface area contributed by atoms with Gasteiger partial charge in [0.1, 0.15) is 0 Å². The zero-order chi connectivity index (χ0) is 13.2. The van der Waals surface area contributed by atoms with Crippen LogP contribution >= 0.6 is 0 Å². The van der Waals surface area contributed by atoms with Crippen LogP contribution in [0.2, 0.25) is 0 Å². The fraction of sp³-hybridized carbons (Fsp3) is 0.333. The summed E-state index contributed by atoms with van der Waals surface area (Å²) in [7, 11) is 0. The van der Waals surface area contributed by atoms with Crippen LogP contribution in [0.4, 0.5) is 0 Å². The van der Waals surface area contributed by atoms with E-state index in [2.05, 4.69) is 56.0 Å². The molecule has 0 spiro atoms. The molecule has 0 nitrogen and oxygen atoms in total. The Hall–Kier alpha value is -1.92. The van der Waals surface area contributed by atoms with Gasteiger partial charge in [-0.2, -0.15) is 0 Å². The van der Waals surface area contributed by atoms with Gasteiger partial charge in [0, 0.05) is 18.3 Å². The Kier molecular flexibility index (Phi) is 3.31. The van der Waals surface area contributed by atoms with Crippen molar-refractivity contribution in [2.75, 3.05) is 0 Å². The van der Waals surface area contributed by atoms with Crippen LogP contribution in [0.3, 0.4) is 0 Å². The molecular formula is C18H18. The number of fused-ring (bicyclic) bond motifs is 1. The molecule has 1 aromatic carbocycles. The minimum Gasteiger partial charge on any atom is -0.120 e. The molecule has 0 heteroatoms. The lowest BCUT2D eigenvalue weighted by Crippen LogP contribution is -2.20. The Morgan fingerprint density at radius 1 is 1.11 bits per heavy atom. The minimum absolute atomic E-state index is 0.153. The lowest BCUT2D eigenvalue weighted by atomic mass is 9.77. The van der Waals surface area contributed by atoms with Gasteiger partial charge in [-0.05, 0) is 22.6 Å². The maximum absolute atomic E-state index is 5.55. The lowest BCUT2D eigenvalue weighted by Gasteiger charge is -2.24. The first-order chi connectivity index (χ1) is 8.64. The third-order valence-corrected chi connectivity index (χ3v) is 3.66. The van der Waals surface area contributed by atoms with Gasteiger partial charge < -0.3 is 0 Å². The van der Waals surface area contributed by atoms with Crippen LogP contribution in [0.1, 0.15) is 37.8 Å². The summed E-state index contributed by atoms with van der Waals surface area (Å²) in [5.74, 6) is 6.08. The average Bonchev–Trinajstić information content (AvgIpc) is 2.66. The van der Waals surface area contributed by atoms with Gasteiger partial charge >= 0.3 is 0 Å². The summed E-state index contributed by atoms with van der Waals surface area (Å²) in [5, 5.41) is 0. The highest BCUT2D eigenvalue weighted by molar-refractivity contribution is 5.78. The predicted molar refractivity (Wildman–Crippen MR) is 77.8 cm³/mol. The summed E-state index contributed by atoms with van der Waals surface area (Å²) in [6, 6.07) is 8.49. The molecule has 0 aromatic heterocycles. The molecule has 1 aromatic rings. The molecule has 0 saturated carbocycles. The van der Waals surface area contributed by atoms with Crippen LogP contribution in [-0.4, -0.2) is 0 Å². The van der Waals surface area contributed by atoms with E-state index in [9.17, 15) is 0 Å². The van der Waals surface area contributed by atoms with Crippen molar-refractivity contribution in [1.29, 1.82) is 0 Å². The van der Waals surface area contributed by atoms with Gasteiger partial charge in [-0.15, -0.1) is 24.7 Å². The predicted octanol–water partition coefficient (Wildman–Crippen LogP) is 4.02. The SMILES string of the molecule is C#CCC1(CC#C)C=C(C(C)C)c2ccccc21. The lowest BCUT2D eigenvalue weighted by molar-refractivity contribution is 0.577. The monoisotopic (exact) mass is 234 g/mol. The second-order valence-electron chi connectivity index (χ2n) is 5.22. The highest BCUT2D eigenvalue weighted by atomic mass is 14.4. The molecule has 0 fully saturated rings. The number of hydrogen-bond donors (Lipinski definition) is 0. The van der Waals surface area contributed by atoms with Crippen LogP contribution in [0.25, 0.3) is 5.57 Å². The number of benzene rings is 1. The van der Waals surface area contributed by atoms with Gasteiger partial charge in [-0.25, -0.2) is 0 Å². The van der Waals surface area contributed by atoms with Crippen LogP contribution in [0, 0.1) is 30.6 Å². The van der Waals surface area contributed by atoms with Crippen LogP contribution in [0.15, 0.2) is 30.3 Å². The van der Waals surface area contributed by atoms with Crippen LogP contribution < -0.4 is 0 Å². The van der Waals surface area contributed by atoms with Crippen molar-refractivity contribution >= 4 is 5.57 Å². The molecule has 1 aliphatic rings. The van der Waals surface area contributed by atoms with E-state index >= 15 is 0 Å². The van der Waals surface area contributed by atoms with E-state index < -0.39 is 0 Å². The fourth-order valence-corrected chi connectivity index (χ4v) is 2.82. The van der Waals surface area contributed by atoms with E-state index in [0.717, 1.165) is 0 Å².